The minimum atomic E-state index is -0.0752. The molecule has 1 aromatic heterocycles. The number of hydrogen-bond acceptors (Lipinski definition) is 1. The van der Waals surface area contributed by atoms with E-state index in [4.69, 9.17) is 0 Å². The molecule has 0 bridgehead atoms. The first-order valence-electron chi connectivity index (χ1n) is 25.3. The summed E-state index contributed by atoms with van der Waals surface area (Å²) in [6, 6.07) is 69.4. The largest absolute Gasteiger partial charge is 0.309 e. The van der Waals surface area contributed by atoms with Crippen molar-refractivity contribution < 1.29 is 0 Å². The van der Waals surface area contributed by atoms with Crippen molar-refractivity contribution in [2.24, 2.45) is 0 Å². The van der Waals surface area contributed by atoms with Gasteiger partial charge in [0.05, 0.1) is 28.1 Å². The molecule has 0 amide bonds. The van der Waals surface area contributed by atoms with Crippen LogP contribution in [0.5, 0.6) is 0 Å². The van der Waals surface area contributed by atoms with Crippen molar-refractivity contribution in [2.75, 3.05) is 4.90 Å². The second-order valence-corrected chi connectivity index (χ2v) is 23.9. The third kappa shape index (κ3) is 7.64. The molecule has 11 rings (SSSR count). The molecule has 0 spiro atoms. The smallest absolute Gasteiger partial charge is 0.0541 e. The van der Waals surface area contributed by atoms with Gasteiger partial charge in [0.2, 0.25) is 0 Å². The highest BCUT2D eigenvalue weighted by molar-refractivity contribution is 6.27. The fourth-order valence-electron chi connectivity index (χ4n) is 11.0. The van der Waals surface area contributed by atoms with E-state index in [0.717, 1.165) is 17.1 Å². The van der Waals surface area contributed by atoms with Crippen LogP contribution in [0.25, 0.3) is 82.1 Å². The van der Waals surface area contributed by atoms with Gasteiger partial charge in [-0.05, 0) is 137 Å². The molecule has 348 valence electrons. The Morgan fingerprint density at radius 2 is 0.857 bits per heavy atom. The molecule has 0 aliphatic heterocycles. The first-order chi connectivity index (χ1) is 33.3. The monoisotopic (exact) mass is 911 g/mol. The van der Waals surface area contributed by atoms with Crippen LogP contribution in [-0.2, 0) is 21.7 Å². The van der Waals surface area contributed by atoms with Gasteiger partial charge < -0.3 is 9.47 Å². The van der Waals surface area contributed by atoms with Crippen molar-refractivity contribution in [2.45, 2.75) is 105 Å². The highest BCUT2D eigenvalue weighted by Crippen LogP contribution is 2.49. The number of anilines is 3. The van der Waals surface area contributed by atoms with Crippen molar-refractivity contribution in [3.63, 3.8) is 0 Å². The summed E-state index contributed by atoms with van der Waals surface area (Å²) in [4.78, 5) is 2.53. The molecule has 10 aromatic carbocycles. The van der Waals surface area contributed by atoms with E-state index < -0.39 is 0 Å². The summed E-state index contributed by atoms with van der Waals surface area (Å²) in [6.45, 7) is 27.8. The molecule has 0 aliphatic rings. The number of fused-ring (bicyclic) bond motifs is 3. The van der Waals surface area contributed by atoms with E-state index >= 15 is 0 Å². The molecule has 0 atom stereocenters. The SMILES string of the molecule is CC(C)(C)c1ccc(-c2cc(N(c3ccccc3-c3ccccc3)c3ccc4ccc5c(-n6c7ccc(C(C)(C)C)cc7c7cc(C(C)(C)C)ccc76)ccc6ccc3c4c65)ccc2C(C)(C)C)cc1. The van der Waals surface area contributed by atoms with Crippen molar-refractivity contribution in [1.29, 1.82) is 0 Å². The van der Waals surface area contributed by atoms with Gasteiger partial charge in [-0.3, -0.25) is 0 Å². The lowest BCUT2D eigenvalue weighted by Crippen LogP contribution is -2.16. The lowest BCUT2D eigenvalue weighted by molar-refractivity contribution is 0.589. The first-order valence-corrected chi connectivity index (χ1v) is 25.3. The van der Waals surface area contributed by atoms with E-state index in [9.17, 15) is 0 Å². The van der Waals surface area contributed by atoms with Crippen LogP contribution in [0.4, 0.5) is 17.1 Å². The predicted octanol–water partition coefficient (Wildman–Crippen LogP) is 19.7. The van der Waals surface area contributed by atoms with Crippen LogP contribution in [0.1, 0.15) is 105 Å². The Labute approximate surface area is 415 Å². The summed E-state index contributed by atoms with van der Waals surface area (Å²) >= 11 is 0. The standard InChI is InChI=1S/C68H66N2/c1-65(2,3)47-28-22-44(23-29-47)54-42-50(32-35-57(54)68(10,11)12)69(58-21-17-16-20-51(58)43-18-14-13-15-19-43)59-36-26-45-25-34-53-60(37-27-46-24-33-52(59)63(45)64(46)53)70-61-38-30-48(66(4,5)6)40-55(61)56-41-49(67(7,8)9)31-39-62(56)70/h13-42H,1-12H3. The van der Waals surface area contributed by atoms with E-state index in [1.165, 1.54) is 104 Å². The molecule has 0 radical (unpaired) electrons. The quantitative estimate of drug-likeness (QED) is 0.151. The molecule has 0 aliphatic carbocycles. The fourth-order valence-corrected chi connectivity index (χ4v) is 11.0. The maximum atomic E-state index is 2.53. The van der Waals surface area contributed by atoms with Crippen molar-refractivity contribution in [1.82, 2.24) is 4.57 Å². The Morgan fingerprint density at radius 3 is 1.46 bits per heavy atom. The number of nitrogens with zero attached hydrogens (tertiary/aromatic N) is 2. The van der Waals surface area contributed by atoms with Crippen molar-refractivity contribution in [3.8, 4) is 27.9 Å². The topological polar surface area (TPSA) is 8.17 Å². The normalized spacial score (nSPS) is 12.9. The zero-order chi connectivity index (χ0) is 49.1. The second kappa shape index (κ2) is 16.2. The summed E-state index contributed by atoms with van der Waals surface area (Å²) in [6.07, 6.45) is 0. The minimum absolute atomic E-state index is 0.0261. The van der Waals surface area contributed by atoms with Crippen LogP contribution in [0.3, 0.4) is 0 Å². The van der Waals surface area contributed by atoms with Crippen molar-refractivity contribution in [3.05, 3.63) is 204 Å². The highest BCUT2D eigenvalue weighted by atomic mass is 15.1. The third-order valence-electron chi connectivity index (χ3n) is 15.0. The molecule has 0 saturated heterocycles. The maximum absolute atomic E-state index is 2.53. The number of benzene rings is 10. The van der Waals surface area contributed by atoms with E-state index in [1.807, 2.05) is 0 Å². The Balaban J connectivity index is 1.18. The van der Waals surface area contributed by atoms with Crippen molar-refractivity contribution >= 4 is 71.2 Å². The van der Waals surface area contributed by atoms with E-state index in [2.05, 4.69) is 275 Å². The average Bonchev–Trinajstić information content (AvgIpc) is 3.66. The number of rotatable bonds is 6. The molecule has 0 unspecified atom stereocenters. The molecule has 11 aromatic rings. The van der Waals surface area contributed by atoms with Gasteiger partial charge >= 0.3 is 0 Å². The molecule has 2 heteroatoms. The predicted molar refractivity (Wildman–Crippen MR) is 305 cm³/mol. The van der Waals surface area contributed by atoms with Gasteiger partial charge in [-0.25, -0.2) is 0 Å². The van der Waals surface area contributed by atoms with E-state index in [1.54, 1.807) is 0 Å². The summed E-state index contributed by atoms with van der Waals surface area (Å²) < 4.78 is 2.53. The summed E-state index contributed by atoms with van der Waals surface area (Å²) in [7, 11) is 0. The van der Waals surface area contributed by atoms with Crippen LogP contribution < -0.4 is 4.90 Å². The van der Waals surface area contributed by atoms with Gasteiger partial charge in [0.15, 0.2) is 0 Å². The molecule has 0 saturated carbocycles. The second-order valence-electron chi connectivity index (χ2n) is 23.9. The van der Waals surface area contributed by atoms with Crippen LogP contribution in [0.15, 0.2) is 182 Å². The maximum Gasteiger partial charge on any atom is 0.0541 e. The molecule has 1 heterocycles. The summed E-state index contributed by atoms with van der Waals surface area (Å²) in [5, 5.41) is 10.1. The van der Waals surface area contributed by atoms with Gasteiger partial charge in [-0.2, -0.15) is 0 Å². The third-order valence-corrected chi connectivity index (χ3v) is 15.0. The van der Waals surface area contributed by atoms with Crippen LogP contribution in [0.2, 0.25) is 0 Å². The first kappa shape index (κ1) is 45.3. The Hall–Kier alpha value is -7.16. The van der Waals surface area contributed by atoms with Gasteiger partial charge in [-0.15, -0.1) is 0 Å². The van der Waals surface area contributed by atoms with Crippen LogP contribution in [0, 0.1) is 0 Å². The lowest BCUT2D eigenvalue weighted by atomic mass is 9.80. The molecule has 70 heavy (non-hydrogen) atoms. The molecule has 0 fully saturated rings. The zero-order valence-corrected chi connectivity index (χ0v) is 43.2. The molecule has 2 nitrogen and oxygen atoms in total. The van der Waals surface area contributed by atoms with Gasteiger partial charge in [0.25, 0.3) is 0 Å². The highest BCUT2D eigenvalue weighted by Gasteiger charge is 2.27. The van der Waals surface area contributed by atoms with E-state index in [0.29, 0.717) is 0 Å². The van der Waals surface area contributed by atoms with Gasteiger partial charge in [-0.1, -0.05) is 210 Å². The van der Waals surface area contributed by atoms with Gasteiger partial charge in [0, 0.05) is 32.8 Å². The number of para-hydroxylation sites is 1. The number of aromatic nitrogens is 1. The molecular weight excluding hydrogens is 845 g/mol. The van der Waals surface area contributed by atoms with Gasteiger partial charge in [0.1, 0.15) is 0 Å². The van der Waals surface area contributed by atoms with Crippen LogP contribution >= 0.6 is 0 Å². The zero-order valence-electron chi connectivity index (χ0n) is 43.2. The Kier molecular flexibility index (Phi) is 10.5. The minimum Gasteiger partial charge on any atom is -0.309 e. The summed E-state index contributed by atoms with van der Waals surface area (Å²) in [5.74, 6) is 0. The Bertz CT molecular complexity index is 3710. The molecular formula is C68H66N2. The van der Waals surface area contributed by atoms with Crippen LogP contribution in [-0.4, -0.2) is 4.57 Å². The lowest BCUT2D eigenvalue weighted by Gasteiger charge is -2.32. The average molecular weight is 911 g/mol. The number of hydrogen-bond donors (Lipinski definition) is 0. The summed E-state index contributed by atoms with van der Waals surface area (Å²) in [5.41, 5.74) is 17.3. The van der Waals surface area contributed by atoms with E-state index in [-0.39, 0.29) is 21.7 Å². The Morgan fingerprint density at radius 1 is 0.343 bits per heavy atom. The molecule has 0 N–H and O–H groups in total. The fraction of sp³-hybridized carbons (Fsp3) is 0.235.